The summed E-state index contributed by atoms with van der Waals surface area (Å²) in [5, 5.41) is 11.2. The van der Waals surface area contributed by atoms with E-state index >= 15 is 0 Å². The lowest BCUT2D eigenvalue weighted by Gasteiger charge is -2.28. The summed E-state index contributed by atoms with van der Waals surface area (Å²) in [6.07, 6.45) is 1.80. The van der Waals surface area contributed by atoms with Crippen LogP contribution in [0.15, 0.2) is 27.0 Å². The maximum Gasteiger partial charge on any atom is 0.286 e. The first-order chi connectivity index (χ1) is 12.7. The van der Waals surface area contributed by atoms with Crippen LogP contribution in [-0.2, 0) is 15.6 Å². The van der Waals surface area contributed by atoms with E-state index in [9.17, 15) is 9.90 Å². The van der Waals surface area contributed by atoms with Gasteiger partial charge in [-0.25, -0.2) is 0 Å². The van der Waals surface area contributed by atoms with Crippen molar-refractivity contribution in [1.29, 1.82) is 0 Å². The van der Waals surface area contributed by atoms with Crippen LogP contribution in [-0.4, -0.2) is 41.1 Å². The van der Waals surface area contributed by atoms with Gasteiger partial charge in [-0.05, 0) is 46.4 Å². The van der Waals surface area contributed by atoms with Gasteiger partial charge in [-0.1, -0.05) is 41.5 Å². The number of phenolic OH excluding ortho intramolecular Hbond substituents is 1. The van der Waals surface area contributed by atoms with Crippen molar-refractivity contribution in [2.45, 2.75) is 52.4 Å². The standard InChI is InChI=1S/C21H30N4O2S/c1-20(2,3)13-9-12(10-14(16(13)26)21(4,5)6)11-15-17(27)23-19(28-15)24-18(22)25(7)8/h9-11,26H,1-8H3,(H2,22,23,24,27). The van der Waals surface area contributed by atoms with Gasteiger partial charge in [-0.15, -0.1) is 0 Å². The molecule has 1 aromatic carbocycles. The number of carbonyl (C=O) groups excluding carboxylic acids is 1. The summed E-state index contributed by atoms with van der Waals surface area (Å²) in [6, 6.07) is 3.86. The summed E-state index contributed by atoms with van der Waals surface area (Å²) >= 11 is 1.20. The molecule has 0 bridgehead atoms. The normalized spacial score (nSPS) is 17.3. The van der Waals surface area contributed by atoms with E-state index in [-0.39, 0.29) is 22.7 Å². The minimum Gasteiger partial charge on any atom is -0.507 e. The lowest BCUT2D eigenvalue weighted by atomic mass is 9.78. The molecular weight excluding hydrogens is 372 g/mol. The number of hydrogen-bond donors (Lipinski definition) is 2. The fourth-order valence-electron chi connectivity index (χ4n) is 2.68. The molecule has 28 heavy (non-hydrogen) atoms. The predicted molar refractivity (Wildman–Crippen MR) is 119 cm³/mol. The third kappa shape index (κ3) is 4.95. The minimum absolute atomic E-state index is 0.239. The molecule has 0 saturated carbocycles. The van der Waals surface area contributed by atoms with Gasteiger partial charge in [0.25, 0.3) is 5.91 Å². The first-order valence-corrected chi connectivity index (χ1v) is 9.94. The Hall–Kier alpha value is -2.28. The fraction of sp³-hybridized carbons (Fsp3) is 0.476. The number of hydrogen-bond acceptors (Lipinski definition) is 4. The molecule has 1 aromatic rings. The average molecular weight is 403 g/mol. The van der Waals surface area contributed by atoms with Gasteiger partial charge in [-0.3, -0.25) is 4.79 Å². The van der Waals surface area contributed by atoms with Crippen molar-refractivity contribution >= 4 is 34.9 Å². The number of phenols is 1. The van der Waals surface area contributed by atoms with Crippen LogP contribution in [0.4, 0.5) is 0 Å². The van der Waals surface area contributed by atoms with Gasteiger partial charge in [0.15, 0.2) is 11.1 Å². The topological polar surface area (TPSA) is 91.3 Å². The Morgan fingerprint density at radius 2 is 1.64 bits per heavy atom. The van der Waals surface area contributed by atoms with Crippen LogP contribution >= 0.6 is 11.8 Å². The first kappa shape index (κ1) is 22.0. The third-order valence-electron chi connectivity index (χ3n) is 4.32. The minimum atomic E-state index is -0.335. The van der Waals surface area contributed by atoms with Gasteiger partial charge in [0, 0.05) is 25.2 Å². The molecule has 1 aliphatic rings. The van der Waals surface area contributed by atoms with Gasteiger partial charge in [-0.2, -0.15) is 9.98 Å². The van der Waals surface area contributed by atoms with Crippen LogP contribution in [0.2, 0.25) is 0 Å². The van der Waals surface area contributed by atoms with E-state index < -0.39 is 0 Å². The average Bonchev–Trinajstić information content (AvgIpc) is 2.85. The summed E-state index contributed by atoms with van der Waals surface area (Å²) in [5.74, 6) is 0.265. The van der Waals surface area contributed by atoms with Gasteiger partial charge in [0.2, 0.25) is 0 Å². The largest absolute Gasteiger partial charge is 0.507 e. The van der Waals surface area contributed by atoms with E-state index in [1.54, 1.807) is 25.1 Å². The maximum absolute atomic E-state index is 12.3. The van der Waals surface area contributed by atoms with Crippen molar-refractivity contribution in [3.05, 3.63) is 33.7 Å². The van der Waals surface area contributed by atoms with Crippen LogP contribution in [0.25, 0.3) is 6.08 Å². The Morgan fingerprint density at radius 3 is 2.07 bits per heavy atom. The second-order valence-corrected chi connectivity index (χ2v) is 10.1. The Kier molecular flexibility index (Phi) is 5.99. The molecule has 152 valence electrons. The first-order valence-electron chi connectivity index (χ1n) is 9.12. The van der Waals surface area contributed by atoms with Crippen molar-refractivity contribution in [2.75, 3.05) is 14.1 Å². The number of nitrogens with two attached hydrogens (primary N) is 1. The van der Waals surface area contributed by atoms with Crippen LogP contribution in [0.3, 0.4) is 0 Å². The van der Waals surface area contributed by atoms with Crippen LogP contribution in [0.5, 0.6) is 5.75 Å². The number of thioether (sulfide) groups is 1. The van der Waals surface area contributed by atoms with Crippen molar-refractivity contribution in [2.24, 2.45) is 15.7 Å². The highest BCUT2D eigenvalue weighted by atomic mass is 32.2. The zero-order valence-corrected chi connectivity index (χ0v) is 18.7. The summed E-state index contributed by atoms with van der Waals surface area (Å²) in [4.78, 5) is 22.6. The molecule has 3 N–H and O–H groups in total. The number of amides is 1. The maximum atomic E-state index is 12.3. The third-order valence-corrected chi connectivity index (χ3v) is 5.20. The SMILES string of the molecule is CN(C)C(N)=NC1=NC(=O)C(=Cc2cc(C(C)(C)C)c(O)c(C(C)(C)C)c2)S1. The number of guanidine groups is 1. The zero-order chi connectivity index (χ0) is 21.4. The monoisotopic (exact) mass is 402 g/mol. The number of aliphatic imine (C=N–C) groups is 2. The summed E-state index contributed by atoms with van der Waals surface area (Å²) in [6.45, 7) is 12.3. The van der Waals surface area contributed by atoms with E-state index in [2.05, 4.69) is 51.5 Å². The van der Waals surface area contributed by atoms with Crippen LogP contribution in [0.1, 0.15) is 58.2 Å². The van der Waals surface area contributed by atoms with Crippen molar-refractivity contribution < 1.29 is 9.90 Å². The zero-order valence-electron chi connectivity index (χ0n) is 17.9. The molecule has 1 aliphatic heterocycles. The van der Waals surface area contributed by atoms with E-state index in [0.717, 1.165) is 16.7 Å². The highest BCUT2D eigenvalue weighted by Gasteiger charge is 2.27. The number of benzene rings is 1. The number of aromatic hydroxyl groups is 1. The van der Waals surface area contributed by atoms with Gasteiger partial charge >= 0.3 is 0 Å². The highest BCUT2D eigenvalue weighted by molar-refractivity contribution is 8.18. The second-order valence-electron chi connectivity index (χ2n) is 9.14. The summed E-state index contributed by atoms with van der Waals surface area (Å²) < 4.78 is 0. The molecule has 0 spiro atoms. The van der Waals surface area contributed by atoms with Crippen molar-refractivity contribution in [1.82, 2.24) is 4.90 Å². The molecule has 0 aromatic heterocycles. The highest BCUT2D eigenvalue weighted by Crippen LogP contribution is 2.41. The van der Waals surface area contributed by atoms with Crippen LogP contribution < -0.4 is 5.73 Å². The smallest absolute Gasteiger partial charge is 0.286 e. The molecule has 1 amide bonds. The van der Waals surface area contributed by atoms with Gasteiger partial charge < -0.3 is 15.7 Å². The molecule has 0 unspecified atom stereocenters. The second kappa shape index (κ2) is 7.62. The molecule has 0 saturated heterocycles. The van der Waals surface area contributed by atoms with E-state index in [1.807, 2.05) is 12.1 Å². The fourth-order valence-corrected chi connectivity index (χ4v) is 3.47. The van der Waals surface area contributed by atoms with E-state index in [4.69, 9.17) is 5.73 Å². The predicted octanol–water partition coefficient (Wildman–Crippen LogP) is 3.83. The molecule has 0 radical (unpaired) electrons. The Labute approximate surface area is 171 Å². The number of amidine groups is 1. The lowest BCUT2D eigenvalue weighted by molar-refractivity contribution is -0.113. The molecule has 7 heteroatoms. The Balaban J connectivity index is 2.49. The Bertz CT molecular complexity index is 850. The molecule has 0 fully saturated rings. The number of carbonyl (C=O) groups is 1. The van der Waals surface area contributed by atoms with Gasteiger partial charge in [0.05, 0.1) is 4.91 Å². The summed E-state index contributed by atoms with van der Waals surface area (Å²) in [7, 11) is 3.55. The molecule has 0 aliphatic carbocycles. The van der Waals surface area contributed by atoms with Gasteiger partial charge in [0.1, 0.15) is 5.75 Å². The molecule has 2 rings (SSSR count). The molecule has 0 atom stereocenters. The Morgan fingerprint density at radius 1 is 1.14 bits per heavy atom. The molecule has 1 heterocycles. The van der Waals surface area contributed by atoms with Crippen LogP contribution in [0, 0.1) is 0 Å². The summed E-state index contributed by atoms with van der Waals surface area (Å²) in [5.41, 5.74) is 7.88. The number of rotatable bonds is 1. The molecular formula is C21H30N4O2S. The number of nitrogens with zero attached hydrogens (tertiary/aromatic N) is 3. The van der Waals surface area contributed by atoms with Crippen molar-refractivity contribution in [3.8, 4) is 5.75 Å². The van der Waals surface area contributed by atoms with Crippen molar-refractivity contribution in [3.63, 3.8) is 0 Å². The van der Waals surface area contributed by atoms with E-state index in [0.29, 0.717) is 15.8 Å². The lowest BCUT2D eigenvalue weighted by Crippen LogP contribution is -2.30. The van der Waals surface area contributed by atoms with E-state index in [1.165, 1.54) is 11.8 Å². The quantitative estimate of drug-likeness (QED) is 0.423. The molecule has 6 nitrogen and oxygen atoms in total.